The van der Waals surface area contributed by atoms with Crippen LogP contribution in [0.15, 0.2) is 84.9 Å². The summed E-state index contributed by atoms with van der Waals surface area (Å²) in [5, 5.41) is 0. The summed E-state index contributed by atoms with van der Waals surface area (Å²) in [5.74, 6) is 2.57. The van der Waals surface area contributed by atoms with E-state index in [4.69, 9.17) is 9.72 Å². The number of benzene rings is 3. The molecule has 4 aromatic rings. The summed E-state index contributed by atoms with van der Waals surface area (Å²) in [7, 11) is 1.78. The van der Waals surface area contributed by atoms with Gasteiger partial charge >= 0.3 is 0 Å². The number of likely N-dealkylation sites (tertiary alicyclic amines) is 1. The number of aromatic nitrogens is 2. The Balaban J connectivity index is 1.53. The molecule has 0 bridgehead atoms. The molecule has 0 radical (unpaired) electrons. The molecule has 0 aliphatic carbocycles. The van der Waals surface area contributed by atoms with E-state index in [0.29, 0.717) is 5.92 Å². The number of imidazole rings is 1. The number of rotatable bonds is 9. The molecular formula is C32H37N3O. The number of hydrogen-bond donors (Lipinski definition) is 0. The van der Waals surface area contributed by atoms with Crippen LogP contribution < -0.4 is 4.74 Å². The van der Waals surface area contributed by atoms with E-state index in [1.54, 1.807) is 7.11 Å². The first-order chi connectivity index (χ1) is 17.8. The lowest BCUT2D eigenvalue weighted by molar-refractivity contribution is 0.194. The molecule has 5 rings (SSSR count). The summed E-state index contributed by atoms with van der Waals surface area (Å²) in [6, 6.07) is 29.9. The standard InChI is InChI=1S/C32H37N3O/c1-3-4-22-35-29(24-34-21-13-18-27(23-34)28-19-11-12-20-30(28)36-2)31(25-14-7-5-8-15-25)33-32(35)26-16-9-6-10-17-26/h5-12,14-17,19-20,27H,3-4,13,18,21-24H2,1-2H3. The largest absolute Gasteiger partial charge is 0.496 e. The second kappa shape index (κ2) is 11.6. The molecule has 186 valence electrons. The van der Waals surface area contributed by atoms with Crippen LogP contribution in [0.25, 0.3) is 22.6 Å². The van der Waals surface area contributed by atoms with Crippen molar-refractivity contribution < 1.29 is 4.74 Å². The Bertz CT molecular complexity index is 1250. The molecule has 0 spiro atoms. The van der Waals surface area contributed by atoms with Gasteiger partial charge in [-0.1, -0.05) is 92.2 Å². The van der Waals surface area contributed by atoms with E-state index in [1.165, 1.54) is 35.2 Å². The van der Waals surface area contributed by atoms with E-state index < -0.39 is 0 Å². The van der Waals surface area contributed by atoms with Crippen LogP contribution in [-0.2, 0) is 13.1 Å². The summed E-state index contributed by atoms with van der Waals surface area (Å²) in [6.45, 7) is 6.30. The van der Waals surface area contributed by atoms with Gasteiger partial charge in [0.15, 0.2) is 0 Å². The highest BCUT2D eigenvalue weighted by atomic mass is 16.5. The molecule has 4 nitrogen and oxygen atoms in total. The van der Waals surface area contributed by atoms with Crippen LogP contribution in [0.5, 0.6) is 5.75 Å². The lowest BCUT2D eigenvalue weighted by atomic mass is 9.90. The Morgan fingerprint density at radius 1 is 0.889 bits per heavy atom. The molecule has 1 saturated heterocycles. The van der Waals surface area contributed by atoms with Gasteiger partial charge in [-0.15, -0.1) is 0 Å². The second-order valence-electron chi connectivity index (χ2n) is 9.78. The third kappa shape index (κ3) is 5.24. The summed E-state index contributed by atoms with van der Waals surface area (Å²) in [6.07, 6.45) is 4.69. The zero-order valence-electron chi connectivity index (χ0n) is 21.6. The topological polar surface area (TPSA) is 30.3 Å². The van der Waals surface area contributed by atoms with Gasteiger partial charge in [-0.2, -0.15) is 0 Å². The van der Waals surface area contributed by atoms with Crippen molar-refractivity contribution in [1.82, 2.24) is 14.5 Å². The Kier molecular flexibility index (Phi) is 7.82. The second-order valence-corrected chi connectivity index (χ2v) is 9.78. The van der Waals surface area contributed by atoms with Crippen molar-refractivity contribution in [3.8, 4) is 28.4 Å². The Morgan fingerprint density at radius 3 is 2.31 bits per heavy atom. The van der Waals surface area contributed by atoms with Crippen LogP contribution in [0.4, 0.5) is 0 Å². The predicted molar refractivity (Wildman–Crippen MR) is 148 cm³/mol. The van der Waals surface area contributed by atoms with Gasteiger partial charge in [-0.05, 0) is 37.4 Å². The maximum atomic E-state index is 5.71. The van der Waals surface area contributed by atoms with Gasteiger partial charge in [0.05, 0.1) is 18.5 Å². The molecule has 1 aliphatic rings. The van der Waals surface area contributed by atoms with Crippen molar-refractivity contribution in [2.75, 3.05) is 20.2 Å². The highest BCUT2D eigenvalue weighted by molar-refractivity contribution is 5.68. The zero-order chi connectivity index (χ0) is 24.7. The molecule has 1 aromatic heterocycles. The third-order valence-electron chi connectivity index (χ3n) is 7.34. The monoisotopic (exact) mass is 479 g/mol. The first-order valence-electron chi connectivity index (χ1n) is 13.3. The van der Waals surface area contributed by atoms with Crippen molar-refractivity contribution in [3.05, 3.63) is 96.2 Å². The fourth-order valence-corrected chi connectivity index (χ4v) is 5.51. The minimum Gasteiger partial charge on any atom is -0.496 e. The third-order valence-corrected chi connectivity index (χ3v) is 7.34. The fourth-order valence-electron chi connectivity index (χ4n) is 5.51. The van der Waals surface area contributed by atoms with Crippen molar-refractivity contribution in [2.24, 2.45) is 0 Å². The SMILES string of the molecule is CCCCn1c(-c2ccccc2)nc(-c2ccccc2)c1CN1CCCC(c2ccccc2OC)C1. The van der Waals surface area contributed by atoms with Gasteiger partial charge < -0.3 is 9.30 Å². The summed E-state index contributed by atoms with van der Waals surface area (Å²) >= 11 is 0. The molecule has 0 amide bonds. The predicted octanol–water partition coefficient (Wildman–Crippen LogP) is 7.41. The van der Waals surface area contributed by atoms with Crippen molar-refractivity contribution in [3.63, 3.8) is 0 Å². The van der Waals surface area contributed by atoms with Crippen LogP contribution in [0.3, 0.4) is 0 Å². The normalized spacial score (nSPS) is 16.2. The molecule has 1 unspecified atom stereocenters. The fraction of sp³-hybridized carbons (Fsp3) is 0.344. The molecule has 0 saturated carbocycles. The van der Waals surface area contributed by atoms with Crippen molar-refractivity contribution >= 4 is 0 Å². The number of methoxy groups -OCH3 is 1. The van der Waals surface area contributed by atoms with Gasteiger partial charge in [-0.25, -0.2) is 4.98 Å². The summed E-state index contributed by atoms with van der Waals surface area (Å²) in [4.78, 5) is 7.92. The Morgan fingerprint density at radius 2 is 1.58 bits per heavy atom. The highest BCUT2D eigenvalue weighted by Crippen LogP contribution is 2.35. The molecule has 0 N–H and O–H groups in total. The summed E-state index contributed by atoms with van der Waals surface area (Å²) < 4.78 is 8.21. The van der Waals surface area contributed by atoms with Crippen LogP contribution in [0.2, 0.25) is 0 Å². The van der Waals surface area contributed by atoms with Gasteiger partial charge in [0.1, 0.15) is 11.6 Å². The van der Waals surface area contributed by atoms with E-state index in [1.807, 2.05) is 0 Å². The number of ether oxygens (including phenoxy) is 1. The molecule has 2 heterocycles. The average molecular weight is 480 g/mol. The number of nitrogens with zero attached hydrogens (tertiary/aromatic N) is 3. The molecule has 1 aliphatic heterocycles. The minimum absolute atomic E-state index is 0.482. The smallest absolute Gasteiger partial charge is 0.140 e. The molecule has 4 heteroatoms. The van der Waals surface area contributed by atoms with E-state index in [-0.39, 0.29) is 0 Å². The Hall–Kier alpha value is -3.37. The molecule has 1 fully saturated rings. The zero-order valence-corrected chi connectivity index (χ0v) is 21.6. The first kappa shape index (κ1) is 24.3. The maximum absolute atomic E-state index is 5.71. The van der Waals surface area contributed by atoms with Crippen molar-refractivity contribution in [1.29, 1.82) is 0 Å². The van der Waals surface area contributed by atoms with E-state index in [2.05, 4.69) is 101 Å². The van der Waals surface area contributed by atoms with E-state index >= 15 is 0 Å². The van der Waals surface area contributed by atoms with Crippen molar-refractivity contribution in [2.45, 2.75) is 51.6 Å². The van der Waals surface area contributed by atoms with Crippen LogP contribution in [0, 0.1) is 0 Å². The highest BCUT2D eigenvalue weighted by Gasteiger charge is 2.27. The van der Waals surface area contributed by atoms with Crippen LogP contribution in [-0.4, -0.2) is 34.7 Å². The van der Waals surface area contributed by atoms with E-state index in [9.17, 15) is 0 Å². The lowest BCUT2D eigenvalue weighted by Crippen LogP contribution is -2.34. The Labute approximate surface area is 215 Å². The van der Waals surface area contributed by atoms with Gasteiger partial charge in [0.25, 0.3) is 0 Å². The number of piperidine rings is 1. The number of hydrogen-bond acceptors (Lipinski definition) is 3. The number of para-hydroxylation sites is 1. The lowest BCUT2D eigenvalue weighted by Gasteiger charge is -2.34. The van der Waals surface area contributed by atoms with Crippen LogP contribution >= 0.6 is 0 Å². The first-order valence-corrected chi connectivity index (χ1v) is 13.3. The average Bonchev–Trinajstić information content (AvgIpc) is 3.30. The van der Waals surface area contributed by atoms with E-state index in [0.717, 1.165) is 56.3 Å². The molecule has 1 atom stereocenters. The number of unbranched alkanes of at least 4 members (excludes halogenated alkanes) is 1. The molecule has 3 aromatic carbocycles. The maximum Gasteiger partial charge on any atom is 0.140 e. The minimum atomic E-state index is 0.482. The van der Waals surface area contributed by atoms with Gasteiger partial charge in [0.2, 0.25) is 0 Å². The van der Waals surface area contributed by atoms with Crippen LogP contribution in [0.1, 0.15) is 49.8 Å². The molecular weight excluding hydrogens is 442 g/mol. The quantitative estimate of drug-likeness (QED) is 0.250. The molecule has 36 heavy (non-hydrogen) atoms. The summed E-state index contributed by atoms with van der Waals surface area (Å²) in [5.41, 5.74) is 6.15. The van der Waals surface area contributed by atoms with Gasteiger partial charge in [-0.3, -0.25) is 4.90 Å². The van der Waals surface area contributed by atoms with Gasteiger partial charge in [0, 0.05) is 36.7 Å².